The molecule has 0 bridgehead atoms. The highest BCUT2D eigenvalue weighted by Gasteiger charge is 2.33. The molecule has 0 spiro atoms. The van der Waals surface area contributed by atoms with Crippen LogP contribution in [0.4, 0.5) is 4.39 Å². The van der Waals surface area contributed by atoms with Gasteiger partial charge in [0.1, 0.15) is 5.82 Å². The molecule has 2 rings (SSSR count). The maximum absolute atomic E-state index is 12.8. The van der Waals surface area contributed by atoms with E-state index in [1.807, 2.05) is 12.1 Å². The molecule has 1 aliphatic rings. The molecule has 0 amide bonds. The minimum Gasteiger partial charge on any atom is -0.383 e. The van der Waals surface area contributed by atoms with Gasteiger partial charge in [-0.05, 0) is 43.5 Å². The Morgan fingerprint density at radius 2 is 2.12 bits per heavy atom. The predicted octanol–water partition coefficient (Wildman–Crippen LogP) is 2.14. The molecule has 16 heavy (non-hydrogen) atoms. The Morgan fingerprint density at radius 1 is 1.38 bits per heavy atom. The minimum atomic E-state index is -0.177. The normalized spacial score (nSPS) is 24.9. The van der Waals surface area contributed by atoms with Crippen molar-refractivity contribution < 1.29 is 9.13 Å². The molecule has 1 saturated heterocycles. The summed E-state index contributed by atoms with van der Waals surface area (Å²) in [6, 6.07) is 6.75. The van der Waals surface area contributed by atoms with Crippen LogP contribution in [0.25, 0.3) is 0 Å². The van der Waals surface area contributed by atoms with E-state index in [4.69, 9.17) is 4.74 Å². The second kappa shape index (κ2) is 4.93. The van der Waals surface area contributed by atoms with E-state index in [2.05, 4.69) is 5.32 Å². The van der Waals surface area contributed by atoms with E-state index in [0.717, 1.165) is 24.9 Å². The zero-order valence-corrected chi connectivity index (χ0v) is 9.63. The number of hydrogen-bond donors (Lipinski definition) is 1. The predicted molar refractivity (Wildman–Crippen MR) is 61.9 cm³/mol. The first-order valence-corrected chi connectivity index (χ1v) is 5.73. The van der Waals surface area contributed by atoms with E-state index in [0.29, 0.717) is 6.61 Å². The third-order valence-electron chi connectivity index (χ3n) is 3.21. The van der Waals surface area contributed by atoms with E-state index in [1.54, 1.807) is 7.11 Å². The topological polar surface area (TPSA) is 21.3 Å². The molecule has 1 unspecified atom stereocenters. The van der Waals surface area contributed by atoms with Crippen molar-refractivity contribution in [2.45, 2.75) is 24.8 Å². The van der Waals surface area contributed by atoms with E-state index < -0.39 is 0 Å². The van der Waals surface area contributed by atoms with Crippen molar-refractivity contribution in [3.05, 3.63) is 35.6 Å². The summed E-state index contributed by atoms with van der Waals surface area (Å²) in [6.45, 7) is 1.76. The Morgan fingerprint density at radius 3 is 2.69 bits per heavy atom. The Hall–Kier alpha value is -0.930. The number of benzene rings is 1. The van der Waals surface area contributed by atoms with Gasteiger partial charge in [-0.15, -0.1) is 0 Å². The zero-order chi connectivity index (χ0) is 11.4. The van der Waals surface area contributed by atoms with Crippen LogP contribution < -0.4 is 5.32 Å². The van der Waals surface area contributed by atoms with E-state index in [-0.39, 0.29) is 11.4 Å². The summed E-state index contributed by atoms with van der Waals surface area (Å²) in [5.74, 6) is -0.177. The molecule has 0 aliphatic carbocycles. The monoisotopic (exact) mass is 223 g/mol. The van der Waals surface area contributed by atoms with Crippen molar-refractivity contribution in [1.29, 1.82) is 0 Å². The van der Waals surface area contributed by atoms with Gasteiger partial charge in [0.25, 0.3) is 0 Å². The first-order valence-electron chi connectivity index (χ1n) is 5.73. The van der Waals surface area contributed by atoms with Crippen molar-refractivity contribution in [3.63, 3.8) is 0 Å². The van der Waals surface area contributed by atoms with Gasteiger partial charge in [0, 0.05) is 12.6 Å². The van der Waals surface area contributed by atoms with Crippen LogP contribution in [0, 0.1) is 5.82 Å². The number of halogens is 1. The molecule has 1 heterocycles. The summed E-state index contributed by atoms with van der Waals surface area (Å²) in [4.78, 5) is 0. The van der Waals surface area contributed by atoms with Crippen LogP contribution in [0.5, 0.6) is 0 Å². The lowest BCUT2D eigenvalue weighted by Gasteiger charge is -2.28. The third kappa shape index (κ3) is 2.60. The van der Waals surface area contributed by atoms with Gasteiger partial charge >= 0.3 is 0 Å². The molecular formula is C13H18FNO. The van der Waals surface area contributed by atoms with Crippen LogP contribution in [-0.2, 0) is 11.2 Å². The number of rotatable bonds is 4. The third-order valence-corrected chi connectivity index (χ3v) is 3.21. The fraction of sp³-hybridized carbons (Fsp3) is 0.538. The van der Waals surface area contributed by atoms with Crippen LogP contribution in [-0.4, -0.2) is 25.8 Å². The second-order valence-electron chi connectivity index (χ2n) is 4.55. The Kier molecular flexibility index (Phi) is 3.56. The summed E-state index contributed by atoms with van der Waals surface area (Å²) >= 11 is 0. The van der Waals surface area contributed by atoms with Gasteiger partial charge in [-0.2, -0.15) is 0 Å². The lowest BCUT2D eigenvalue weighted by Crippen LogP contribution is -2.46. The van der Waals surface area contributed by atoms with Crippen LogP contribution >= 0.6 is 0 Å². The molecule has 0 radical (unpaired) electrons. The molecule has 1 aliphatic heterocycles. The average Bonchev–Trinajstić information content (AvgIpc) is 2.71. The summed E-state index contributed by atoms with van der Waals surface area (Å²) in [5.41, 5.74) is 1.21. The van der Waals surface area contributed by atoms with E-state index in [9.17, 15) is 4.39 Å². The maximum Gasteiger partial charge on any atom is 0.123 e. The number of methoxy groups -OCH3 is 1. The summed E-state index contributed by atoms with van der Waals surface area (Å²) in [5, 5.41) is 3.52. The number of ether oxygens (including phenoxy) is 1. The average molecular weight is 223 g/mol. The van der Waals surface area contributed by atoms with Crippen LogP contribution in [0.2, 0.25) is 0 Å². The molecule has 3 heteroatoms. The molecule has 1 atom stereocenters. The quantitative estimate of drug-likeness (QED) is 0.844. The zero-order valence-electron chi connectivity index (χ0n) is 9.63. The Bertz CT molecular complexity index is 330. The first kappa shape index (κ1) is 11.6. The van der Waals surface area contributed by atoms with Gasteiger partial charge in [-0.25, -0.2) is 4.39 Å². The number of hydrogen-bond acceptors (Lipinski definition) is 2. The Labute approximate surface area is 95.8 Å². The standard InChI is InChI=1S/C13H18FNO/c1-16-10-13(7-2-8-15-13)9-11-3-5-12(14)6-4-11/h3-6,15H,2,7-10H2,1H3. The van der Waals surface area contributed by atoms with Gasteiger partial charge in [0.2, 0.25) is 0 Å². The van der Waals surface area contributed by atoms with Crippen LogP contribution in [0.1, 0.15) is 18.4 Å². The van der Waals surface area contributed by atoms with Crippen molar-refractivity contribution in [3.8, 4) is 0 Å². The molecular weight excluding hydrogens is 205 g/mol. The molecule has 1 aromatic carbocycles. The van der Waals surface area contributed by atoms with Gasteiger partial charge in [-0.3, -0.25) is 0 Å². The smallest absolute Gasteiger partial charge is 0.123 e. The van der Waals surface area contributed by atoms with Crippen molar-refractivity contribution >= 4 is 0 Å². The first-order chi connectivity index (χ1) is 7.74. The minimum absolute atomic E-state index is 0.0482. The fourth-order valence-electron chi connectivity index (χ4n) is 2.46. The van der Waals surface area contributed by atoms with Crippen molar-refractivity contribution in [1.82, 2.24) is 5.32 Å². The van der Waals surface area contributed by atoms with Crippen LogP contribution in [0.3, 0.4) is 0 Å². The molecule has 1 aromatic rings. The Balaban J connectivity index is 2.08. The molecule has 88 valence electrons. The molecule has 1 fully saturated rings. The molecule has 0 aromatic heterocycles. The van der Waals surface area contributed by atoms with Crippen molar-refractivity contribution in [2.75, 3.05) is 20.3 Å². The van der Waals surface area contributed by atoms with E-state index >= 15 is 0 Å². The maximum atomic E-state index is 12.8. The van der Waals surface area contributed by atoms with Gasteiger partial charge in [0.15, 0.2) is 0 Å². The summed E-state index contributed by atoms with van der Waals surface area (Å²) in [6.07, 6.45) is 3.21. The van der Waals surface area contributed by atoms with Crippen molar-refractivity contribution in [2.24, 2.45) is 0 Å². The molecule has 0 saturated carbocycles. The summed E-state index contributed by atoms with van der Waals surface area (Å²) < 4.78 is 18.1. The highest BCUT2D eigenvalue weighted by Crippen LogP contribution is 2.24. The second-order valence-corrected chi connectivity index (χ2v) is 4.55. The van der Waals surface area contributed by atoms with Crippen LogP contribution in [0.15, 0.2) is 24.3 Å². The largest absolute Gasteiger partial charge is 0.383 e. The molecule has 2 nitrogen and oxygen atoms in total. The lowest BCUT2D eigenvalue weighted by atomic mass is 9.90. The summed E-state index contributed by atoms with van der Waals surface area (Å²) in [7, 11) is 1.73. The SMILES string of the molecule is COCC1(Cc2ccc(F)cc2)CCCN1. The highest BCUT2D eigenvalue weighted by molar-refractivity contribution is 5.19. The van der Waals surface area contributed by atoms with E-state index in [1.165, 1.54) is 18.6 Å². The lowest BCUT2D eigenvalue weighted by molar-refractivity contribution is 0.120. The van der Waals surface area contributed by atoms with Gasteiger partial charge < -0.3 is 10.1 Å². The van der Waals surface area contributed by atoms with Gasteiger partial charge in [0.05, 0.1) is 6.61 Å². The van der Waals surface area contributed by atoms with Gasteiger partial charge in [-0.1, -0.05) is 12.1 Å². The molecule has 1 N–H and O–H groups in total. The highest BCUT2D eigenvalue weighted by atomic mass is 19.1. The number of nitrogens with one attached hydrogen (secondary N) is 1. The fourth-order valence-corrected chi connectivity index (χ4v) is 2.46.